The van der Waals surface area contributed by atoms with Crippen molar-refractivity contribution in [3.05, 3.63) is 54.1 Å². The number of piperazine rings is 1. The van der Waals surface area contributed by atoms with Gasteiger partial charge in [0.2, 0.25) is 15.9 Å². The summed E-state index contributed by atoms with van der Waals surface area (Å²) in [7, 11) is -3.87. The molecule has 1 saturated heterocycles. The van der Waals surface area contributed by atoms with Crippen molar-refractivity contribution < 1.29 is 31.5 Å². The topological polar surface area (TPSA) is 96.0 Å². The predicted molar refractivity (Wildman–Crippen MR) is 108 cm³/mol. The largest absolute Gasteiger partial charge is 0.433 e. The number of alkyl halides is 2. The van der Waals surface area contributed by atoms with Gasteiger partial charge in [-0.15, -0.1) is 0 Å². The molecule has 2 aromatic rings. The third-order valence-electron chi connectivity index (χ3n) is 4.77. The highest BCUT2D eigenvalue weighted by Crippen LogP contribution is 2.26. The van der Waals surface area contributed by atoms with Crippen LogP contribution in [0.5, 0.6) is 5.75 Å². The number of rotatable bonds is 6. The van der Waals surface area contributed by atoms with Crippen molar-refractivity contribution in [1.29, 1.82) is 0 Å². The fourth-order valence-corrected chi connectivity index (χ4v) is 4.62. The van der Waals surface area contributed by atoms with E-state index in [1.165, 1.54) is 59.8 Å². The highest BCUT2D eigenvalue weighted by atomic mass is 32.2. The van der Waals surface area contributed by atoms with Gasteiger partial charge in [-0.05, 0) is 30.3 Å². The zero-order valence-corrected chi connectivity index (χ0v) is 17.4. The van der Waals surface area contributed by atoms with E-state index >= 15 is 0 Å². The summed E-state index contributed by atoms with van der Waals surface area (Å²) in [4.78, 5) is 25.5. The number of nitrogens with one attached hydrogen (secondary N) is 1. The Kier molecular flexibility index (Phi) is 6.86. The number of halogens is 2. The van der Waals surface area contributed by atoms with Gasteiger partial charge in [-0.1, -0.05) is 18.2 Å². The van der Waals surface area contributed by atoms with Crippen LogP contribution in [0.25, 0.3) is 0 Å². The summed E-state index contributed by atoms with van der Waals surface area (Å²) in [6, 6.07) is 11.1. The van der Waals surface area contributed by atoms with Gasteiger partial charge in [-0.2, -0.15) is 13.1 Å². The van der Waals surface area contributed by atoms with Gasteiger partial charge in [-0.3, -0.25) is 9.59 Å². The van der Waals surface area contributed by atoms with E-state index in [2.05, 4.69) is 10.1 Å². The molecule has 8 nitrogen and oxygen atoms in total. The predicted octanol–water partition coefficient (Wildman–Crippen LogP) is 2.39. The molecule has 0 aliphatic carbocycles. The number of ether oxygens (including phenoxy) is 1. The van der Waals surface area contributed by atoms with Gasteiger partial charge in [-0.25, -0.2) is 8.42 Å². The Labute approximate surface area is 178 Å². The lowest BCUT2D eigenvalue weighted by atomic mass is 10.2. The van der Waals surface area contributed by atoms with Crippen LogP contribution in [0.4, 0.5) is 14.5 Å². The molecule has 0 spiro atoms. The highest BCUT2D eigenvalue weighted by molar-refractivity contribution is 7.89. The fourth-order valence-electron chi connectivity index (χ4n) is 3.15. The quantitative estimate of drug-likeness (QED) is 0.725. The van der Waals surface area contributed by atoms with Gasteiger partial charge in [0, 0.05) is 38.7 Å². The van der Waals surface area contributed by atoms with Gasteiger partial charge in [0.25, 0.3) is 5.91 Å². The summed E-state index contributed by atoms with van der Waals surface area (Å²) in [5, 5.41) is 2.46. The highest BCUT2D eigenvalue weighted by Gasteiger charge is 2.29. The third-order valence-corrected chi connectivity index (χ3v) is 6.66. The molecular formula is C20H21F2N3O5S. The molecule has 1 aliphatic heterocycles. The molecule has 0 atom stereocenters. The first-order valence-corrected chi connectivity index (χ1v) is 10.8. The number of anilines is 1. The van der Waals surface area contributed by atoms with Crippen LogP contribution in [0.2, 0.25) is 0 Å². The molecule has 2 amide bonds. The number of carbonyl (C=O) groups excluding carboxylic acids is 2. The summed E-state index contributed by atoms with van der Waals surface area (Å²) in [6.45, 7) is -0.759. The maximum Gasteiger partial charge on any atom is 0.387 e. The van der Waals surface area contributed by atoms with E-state index in [0.717, 1.165) is 0 Å². The molecule has 0 aromatic heterocycles. The van der Waals surface area contributed by atoms with Crippen molar-refractivity contribution in [3.63, 3.8) is 0 Å². The summed E-state index contributed by atoms with van der Waals surface area (Å²) in [5.41, 5.74) is 0.0664. The van der Waals surface area contributed by atoms with Gasteiger partial charge in [0.15, 0.2) is 0 Å². The first-order chi connectivity index (χ1) is 14.7. The third kappa shape index (κ3) is 5.36. The Morgan fingerprint density at radius 1 is 1.03 bits per heavy atom. The second-order valence-electron chi connectivity index (χ2n) is 6.77. The van der Waals surface area contributed by atoms with Crippen molar-refractivity contribution >= 4 is 27.5 Å². The molecule has 1 N–H and O–H groups in total. The number of para-hydroxylation sites is 2. The van der Waals surface area contributed by atoms with E-state index in [1.807, 2.05) is 0 Å². The van der Waals surface area contributed by atoms with Crippen LogP contribution in [-0.4, -0.2) is 62.2 Å². The molecule has 3 rings (SSSR count). The molecule has 0 bridgehead atoms. The Morgan fingerprint density at radius 3 is 2.35 bits per heavy atom. The molecule has 31 heavy (non-hydrogen) atoms. The van der Waals surface area contributed by atoms with Crippen molar-refractivity contribution in [3.8, 4) is 5.75 Å². The molecular weight excluding hydrogens is 432 g/mol. The van der Waals surface area contributed by atoms with Crippen LogP contribution in [0.1, 0.15) is 17.3 Å². The van der Waals surface area contributed by atoms with E-state index in [4.69, 9.17) is 0 Å². The Hall–Kier alpha value is -3.05. The zero-order chi connectivity index (χ0) is 22.6. The van der Waals surface area contributed by atoms with Crippen LogP contribution in [0.15, 0.2) is 53.4 Å². The van der Waals surface area contributed by atoms with Crippen molar-refractivity contribution in [1.82, 2.24) is 9.21 Å². The lowest BCUT2D eigenvalue weighted by molar-refractivity contribution is -0.129. The van der Waals surface area contributed by atoms with E-state index in [0.29, 0.717) is 0 Å². The lowest BCUT2D eigenvalue weighted by Crippen LogP contribution is -2.49. The van der Waals surface area contributed by atoms with Gasteiger partial charge >= 0.3 is 6.61 Å². The molecule has 1 heterocycles. The lowest BCUT2D eigenvalue weighted by Gasteiger charge is -2.33. The van der Waals surface area contributed by atoms with Crippen LogP contribution in [0.3, 0.4) is 0 Å². The standard InChI is InChI=1S/C20H21F2N3O5S/c1-14(26)24-9-11-25(12-10-24)31(28,29)16-6-4-5-15(13-16)19(27)23-17-7-2-3-8-18(17)30-20(21)22/h2-8,13,20H,9-12H2,1H3,(H,23,27). The fraction of sp³-hybridized carbons (Fsp3) is 0.300. The van der Waals surface area contributed by atoms with Gasteiger partial charge in [0.1, 0.15) is 5.75 Å². The normalized spacial score (nSPS) is 15.0. The van der Waals surface area contributed by atoms with Crippen LogP contribution < -0.4 is 10.1 Å². The van der Waals surface area contributed by atoms with Crippen LogP contribution in [-0.2, 0) is 14.8 Å². The van der Waals surface area contributed by atoms with Gasteiger partial charge in [0.05, 0.1) is 10.6 Å². The van der Waals surface area contributed by atoms with E-state index in [9.17, 15) is 26.8 Å². The second-order valence-corrected chi connectivity index (χ2v) is 8.70. The number of hydrogen-bond acceptors (Lipinski definition) is 5. The average molecular weight is 453 g/mol. The number of amides is 2. The molecule has 0 radical (unpaired) electrons. The summed E-state index contributed by atoms with van der Waals surface area (Å²) in [6.07, 6.45) is 0. The van der Waals surface area contributed by atoms with Crippen molar-refractivity contribution in [2.75, 3.05) is 31.5 Å². The maximum atomic E-state index is 13.0. The zero-order valence-electron chi connectivity index (χ0n) is 16.6. The molecule has 1 fully saturated rings. The first-order valence-electron chi connectivity index (χ1n) is 9.39. The number of carbonyl (C=O) groups is 2. The SMILES string of the molecule is CC(=O)N1CCN(S(=O)(=O)c2cccc(C(=O)Nc3ccccc3OC(F)F)c2)CC1. The number of hydrogen-bond donors (Lipinski definition) is 1. The Morgan fingerprint density at radius 2 is 1.71 bits per heavy atom. The molecule has 11 heteroatoms. The van der Waals surface area contributed by atoms with Crippen molar-refractivity contribution in [2.45, 2.75) is 18.4 Å². The molecule has 2 aromatic carbocycles. The minimum absolute atomic E-state index is 0.0291. The monoisotopic (exact) mass is 453 g/mol. The molecule has 166 valence electrons. The molecule has 0 saturated carbocycles. The molecule has 0 unspecified atom stereocenters. The summed E-state index contributed by atoms with van der Waals surface area (Å²) >= 11 is 0. The maximum absolute atomic E-state index is 13.0. The van der Waals surface area contributed by atoms with Gasteiger partial charge < -0.3 is 15.0 Å². The first kappa shape index (κ1) is 22.6. The minimum atomic E-state index is -3.87. The summed E-state index contributed by atoms with van der Waals surface area (Å²) < 4.78 is 56.7. The minimum Gasteiger partial charge on any atom is -0.433 e. The summed E-state index contributed by atoms with van der Waals surface area (Å²) in [5.74, 6) is -1.01. The van der Waals surface area contributed by atoms with E-state index < -0.39 is 22.5 Å². The van der Waals surface area contributed by atoms with Crippen molar-refractivity contribution in [2.24, 2.45) is 0 Å². The molecule has 1 aliphatic rings. The van der Waals surface area contributed by atoms with E-state index in [1.54, 1.807) is 4.90 Å². The Bertz CT molecular complexity index is 1070. The smallest absolute Gasteiger partial charge is 0.387 e. The number of sulfonamides is 1. The van der Waals surface area contributed by atoms with E-state index in [-0.39, 0.29) is 54.0 Å². The van der Waals surface area contributed by atoms with Crippen LogP contribution >= 0.6 is 0 Å². The van der Waals surface area contributed by atoms with Crippen LogP contribution in [0, 0.1) is 0 Å². The number of benzene rings is 2. The Balaban J connectivity index is 1.77. The second kappa shape index (κ2) is 9.40. The average Bonchev–Trinajstić information content (AvgIpc) is 2.75. The number of nitrogens with zero attached hydrogens (tertiary/aromatic N) is 2.